The highest BCUT2D eigenvalue weighted by atomic mass is 35.5. The fraction of sp³-hybridized carbons (Fsp3) is 0.286. The first-order valence-electron chi connectivity index (χ1n) is 6.78. The molecule has 126 valence electrons. The summed E-state index contributed by atoms with van der Waals surface area (Å²) in [6, 6.07) is 8.37. The van der Waals surface area contributed by atoms with E-state index in [9.17, 15) is 9.59 Å². The third kappa shape index (κ3) is 1.44. The summed E-state index contributed by atoms with van der Waals surface area (Å²) in [7, 11) is 0. The predicted molar refractivity (Wildman–Crippen MR) is 94.9 cm³/mol. The zero-order chi connectivity index (χ0) is 17.7. The largest absolute Gasteiger partial charge is 0.354 e. The van der Waals surface area contributed by atoms with Crippen LogP contribution in [-0.4, -0.2) is 18.8 Å². The maximum Gasteiger partial charge on any atom is 0.354 e. The van der Waals surface area contributed by atoms with Gasteiger partial charge in [0.25, 0.3) is 0 Å². The minimum atomic E-state index is -1.77. The van der Waals surface area contributed by atoms with E-state index in [0.717, 1.165) is 13.9 Å². The van der Waals surface area contributed by atoms with Crippen molar-refractivity contribution < 1.29 is 0 Å². The normalized spacial score (nSPS) is 34.1. The van der Waals surface area contributed by atoms with E-state index in [1.165, 1.54) is 6.92 Å². The van der Waals surface area contributed by atoms with Crippen LogP contribution in [0.3, 0.4) is 0 Å². The summed E-state index contributed by atoms with van der Waals surface area (Å²) in [5.41, 5.74) is -1.05. The first-order chi connectivity index (χ1) is 11.1. The number of allylic oxidation sites excluding steroid dienone is 2. The molecule has 10 heteroatoms. The van der Waals surface area contributed by atoms with E-state index in [-0.39, 0.29) is 10.1 Å². The molecule has 2 heterocycles. The van der Waals surface area contributed by atoms with Crippen molar-refractivity contribution in [2.75, 3.05) is 0 Å². The fourth-order valence-electron chi connectivity index (χ4n) is 3.29. The van der Waals surface area contributed by atoms with Gasteiger partial charge in [0, 0.05) is 0 Å². The van der Waals surface area contributed by atoms with E-state index in [1.54, 1.807) is 30.3 Å². The monoisotopic (exact) mass is 425 g/mol. The van der Waals surface area contributed by atoms with Crippen LogP contribution in [0.2, 0.25) is 0 Å². The predicted octanol–water partition coefficient (Wildman–Crippen LogP) is 3.30. The van der Waals surface area contributed by atoms with Gasteiger partial charge in [0.05, 0.1) is 15.8 Å². The third-order valence-electron chi connectivity index (χ3n) is 4.56. The van der Waals surface area contributed by atoms with Gasteiger partial charge >= 0.3 is 11.4 Å². The molecule has 0 saturated carbocycles. The summed E-state index contributed by atoms with van der Waals surface area (Å²) >= 11 is 32.3. The molecule has 2 aliphatic rings. The van der Waals surface area contributed by atoms with Crippen molar-refractivity contribution in [2.24, 2.45) is 0 Å². The van der Waals surface area contributed by atoms with Crippen LogP contribution in [0.25, 0.3) is 5.69 Å². The molecular weight excluding hydrogens is 419 g/mol. The van der Waals surface area contributed by atoms with Gasteiger partial charge in [0.15, 0.2) is 10.00 Å². The molecule has 1 aliphatic heterocycles. The van der Waals surface area contributed by atoms with Gasteiger partial charge in [0.1, 0.15) is 4.87 Å². The number of alkyl halides is 3. The number of hydrogen-bond donors (Lipinski definition) is 0. The number of benzene rings is 1. The Hall–Kier alpha value is -0.850. The number of nitrogens with zero attached hydrogens (tertiary/aromatic N) is 3. The lowest BCUT2D eigenvalue weighted by molar-refractivity contribution is 0.431. The van der Waals surface area contributed by atoms with Gasteiger partial charge in [-0.1, -0.05) is 64.6 Å². The van der Waals surface area contributed by atoms with Gasteiger partial charge in [-0.2, -0.15) is 9.36 Å². The van der Waals surface area contributed by atoms with Gasteiger partial charge in [0.2, 0.25) is 0 Å². The summed E-state index contributed by atoms with van der Waals surface area (Å²) in [5, 5.41) is -0.156. The third-order valence-corrected chi connectivity index (χ3v) is 7.97. The molecule has 4 rings (SSSR count). The molecule has 0 spiro atoms. The second-order valence-corrected chi connectivity index (χ2v) is 8.34. The first kappa shape index (κ1) is 16.6. The Morgan fingerprint density at radius 1 is 0.833 bits per heavy atom. The lowest BCUT2D eigenvalue weighted by Crippen LogP contribution is -2.49. The van der Waals surface area contributed by atoms with Gasteiger partial charge < -0.3 is 0 Å². The van der Waals surface area contributed by atoms with Crippen molar-refractivity contribution >= 4 is 58.0 Å². The standard InChI is InChI=1S/C14H8Cl5N3O2/c1-12(17)13(18)8(15)9(16)14(12,19)22-11(24)20(10(23)21(13)22)7-5-3-2-4-6-7/h2-6H,1H3/t12?,13-,14+. The van der Waals surface area contributed by atoms with Crippen LogP contribution in [0.15, 0.2) is 50.0 Å². The zero-order valence-corrected chi connectivity index (χ0v) is 15.7. The molecule has 1 unspecified atom stereocenters. The summed E-state index contributed by atoms with van der Waals surface area (Å²) in [6.07, 6.45) is 0. The van der Waals surface area contributed by atoms with Crippen LogP contribution in [0.4, 0.5) is 0 Å². The number of para-hydroxylation sites is 1. The van der Waals surface area contributed by atoms with E-state index in [1.807, 2.05) is 0 Å². The molecule has 2 aromatic rings. The van der Waals surface area contributed by atoms with Crippen LogP contribution < -0.4 is 11.4 Å². The maximum atomic E-state index is 12.9. The molecular formula is C14H8Cl5N3O2. The van der Waals surface area contributed by atoms with Crippen LogP contribution >= 0.6 is 58.0 Å². The molecule has 0 fully saturated rings. The highest BCUT2D eigenvalue weighted by Gasteiger charge is 2.78. The molecule has 3 atom stereocenters. The second-order valence-electron chi connectivity index (χ2n) is 5.73. The zero-order valence-electron chi connectivity index (χ0n) is 11.9. The molecule has 0 radical (unpaired) electrons. The molecule has 1 aromatic heterocycles. The Bertz CT molecular complexity index is 975. The van der Waals surface area contributed by atoms with Gasteiger partial charge in [-0.25, -0.2) is 14.2 Å². The van der Waals surface area contributed by atoms with Crippen molar-refractivity contribution in [3.05, 3.63) is 61.4 Å². The van der Waals surface area contributed by atoms with E-state index in [0.29, 0.717) is 5.69 Å². The highest BCUT2D eigenvalue weighted by molar-refractivity contribution is 6.54. The maximum absolute atomic E-state index is 12.9. The average molecular weight is 428 g/mol. The molecule has 0 N–H and O–H groups in total. The Balaban J connectivity index is 2.17. The molecule has 5 nitrogen and oxygen atoms in total. The Kier molecular flexibility index (Phi) is 3.22. The minimum absolute atomic E-state index is 0.0781. The lowest BCUT2D eigenvalue weighted by Gasteiger charge is -2.31. The van der Waals surface area contributed by atoms with Crippen LogP contribution in [0.1, 0.15) is 6.92 Å². The van der Waals surface area contributed by atoms with Crippen molar-refractivity contribution in [1.82, 2.24) is 13.9 Å². The molecule has 1 aliphatic carbocycles. The smallest absolute Gasteiger partial charge is 0.245 e. The number of rotatable bonds is 1. The topological polar surface area (TPSA) is 48.9 Å². The highest BCUT2D eigenvalue weighted by Crippen LogP contribution is 2.69. The van der Waals surface area contributed by atoms with Gasteiger partial charge in [-0.3, -0.25) is 0 Å². The average Bonchev–Trinajstić information content (AvgIpc) is 2.93. The Labute approximate surface area is 160 Å². The van der Waals surface area contributed by atoms with Gasteiger partial charge in [-0.15, -0.1) is 11.6 Å². The lowest BCUT2D eigenvalue weighted by atomic mass is 10.0. The Morgan fingerprint density at radius 2 is 1.25 bits per heavy atom. The summed E-state index contributed by atoms with van der Waals surface area (Å²) in [6.45, 7) is 1.48. The number of fused-ring (bicyclic) bond motifs is 5. The molecule has 0 amide bonds. The minimum Gasteiger partial charge on any atom is -0.245 e. The number of halogens is 5. The van der Waals surface area contributed by atoms with E-state index in [4.69, 9.17) is 58.0 Å². The molecule has 1 aromatic carbocycles. The van der Waals surface area contributed by atoms with Crippen LogP contribution in [0.5, 0.6) is 0 Å². The van der Waals surface area contributed by atoms with Crippen LogP contribution in [0, 0.1) is 0 Å². The molecule has 0 saturated heterocycles. The quantitative estimate of drug-likeness (QED) is 0.656. The summed E-state index contributed by atoms with van der Waals surface area (Å²) < 4.78 is 2.89. The van der Waals surface area contributed by atoms with E-state index >= 15 is 0 Å². The molecule has 2 bridgehead atoms. The van der Waals surface area contributed by atoms with Crippen LogP contribution in [-0.2, 0) is 10.00 Å². The van der Waals surface area contributed by atoms with Crippen molar-refractivity contribution in [3.8, 4) is 5.69 Å². The van der Waals surface area contributed by atoms with Crippen molar-refractivity contribution in [3.63, 3.8) is 0 Å². The second kappa shape index (κ2) is 4.65. The van der Waals surface area contributed by atoms with Crippen molar-refractivity contribution in [2.45, 2.75) is 21.8 Å². The number of aromatic nitrogens is 3. The first-order valence-corrected chi connectivity index (χ1v) is 8.67. The van der Waals surface area contributed by atoms with E-state index < -0.39 is 26.2 Å². The fourth-order valence-corrected chi connectivity index (χ4v) is 5.45. The summed E-state index contributed by atoms with van der Waals surface area (Å²) in [4.78, 5) is 20.8. The molecule has 24 heavy (non-hydrogen) atoms. The Morgan fingerprint density at radius 3 is 1.67 bits per heavy atom. The number of hydrogen-bond acceptors (Lipinski definition) is 2. The van der Waals surface area contributed by atoms with Crippen molar-refractivity contribution in [1.29, 1.82) is 0 Å². The summed E-state index contributed by atoms with van der Waals surface area (Å²) in [5.74, 6) is 0. The van der Waals surface area contributed by atoms with E-state index in [2.05, 4.69) is 0 Å². The van der Waals surface area contributed by atoms with Gasteiger partial charge in [-0.05, 0) is 19.1 Å². The SMILES string of the molecule is CC1(Cl)[C@@]2(Cl)C(Cl)=C(Cl)[C@]1(Cl)n1c(=O)n(-c3ccccc3)c(=O)n12.